The highest BCUT2D eigenvalue weighted by Crippen LogP contribution is 2.23. The van der Waals surface area contributed by atoms with Crippen molar-refractivity contribution in [2.24, 2.45) is 0 Å². The van der Waals surface area contributed by atoms with Gasteiger partial charge < -0.3 is 14.1 Å². The van der Waals surface area contributed by atoms with Gasteiger partial charge in [-0.25, -0.2) is 4.79 Å². The fourth-order valence-corrected chi connectivity index (χ4v) is 3.58. The van der Waals surface area contributed by atoms with Gasteiger partial charge in [0, 0.05) is 6.54 Å². The molecule has 0 unspecified atom stereocenters. The number of hydrogen-bond acceptors (Lipinski definition) is 7. The Labute approximate surface area is 173 Å². The van der Waals surface area contributed by atoms with Crippen molar-refractivity contribution in [3.63, 3.8) is 0 Å². The lowest BCUT2D eigenvalue weighted by Crippen LogP contribution is -2.35. The van der Waals surface area contributed by atoms with E-state index in [0.717, 1.165) is 22.4 Å². The lowest BCUT2D eigenvalue weighted by atomic mass is 10.1. The molecule has 0 aliphatic carbocycles. The number of carbonyl (C=O) groups is 2. The zero-order valence-corrected chi connectivity index (χ0v) is 17.5. The van der Waals surface area contributed by atoms with E-state index in [9.17, 15) is 9.59 Å². The molecule has 1 aromatic carbocycles. The number of hydrogen-bond donors (Lipinski definition) is 0. The van der Waals surface area contributed by atoms with Crippen LogP contribution in [-0.2, 0) is 16.1 Å². The van der Waals surface area contributed by atoms with Crippen molar-refractivity contribution >= 4 is 23.2 Å². The first-order chi connectivity index (χ1) is 14.0. The highest BCUT2D eigenvalue weighted by atomic mass is 32.1. The summed E-state index contributed by atoms with van der Waals surface area (Å²) in [5, 5.41) is 9.99. The van der Waals surface area contributed by atoms with Gasteiger partial charge in [0.1, 0.15) is 0 Å². The van der Waals surface area contributed by atoms with Crippen LogP contribution in [0.2, 0.25) is 0 Å². The van der Waals surface area contributed by atoms with Crippen LogP contribution in [0.1, 0.15) is 40.7 Å². The van der Waals surface area contributed by atoms with Gasteiger partial charge in [-0.05, 0) is 43.8 Å². The van der Waals surface area contributed by atoms with Crippen molar-refractivity contribution in [2.75, 3.05) is 13.2 Å². The van der Waals surface area contributed by atoms with Gasteiger partial charge in [-0.3, -0.25) is 4.79 Å². The van der Waals surface area contributed by atoms with Crippen molar-refractivity contribution in [1.29, 1.82) is 0 Å². The Balaban J connectivity index is 1.61. The summed E-state index contributed by atoms with van der Waals surface area (Å²) in [5.74, 6) is -0.0456. The first-order valence-electron chi connectivity index (χ1n) is 9.35. The molecule has 3 aromatic rings. The van der Waals surface area contributed by atoms with Gasteiger partial charge in [-0.15, -0.1) is 21.5 Å². The van der Waals surface area contributed by atoms with Gasteiger partial charge in [0.15, 0.2) is 6.61 Å². The summed E-state index contributed by atoms with van der Waals surface area (Å²) in [6.07, 6.45) is 0.753. The summed E-state index contributed by atoms with van der Waals surface area (Å²) in [6, 6.07) is 9.26. The highest BCUT2D eigenvalue weighted by molar-refractivity contribution is 7.13. The average Bonchev–Trinajstić information content (AvgIpc) is 3.36. The average molecular weight is 413 g/mol. The summed E-state index contributed by atoms with van der Waals surface area (Å²) in [7, 11) is 0. The number of thiophene rings is 1. The molecule has 0 aliphatic heterocycles. The summed E-state index contributed by atoms with van der Waals surface area (Å²) in [4.78, 5) is 27.3. The third-order valence-electron chi connectivity index (χ3n) is 4.16. The maximum absolute atomic E-state index is 12.6. The van der Waals surface area contributed by atoms with E-state index in [0.29, 0.717) is 23.9 Å². The molecule has 1 amide bonds. The lowest BCUT2D eigenvalue weighted by molar-refractivity contribution is -0.135. The van der Waals surface area contributed by atoms with E-state index in [1.807, 2.05) is 44.4 Å². The molecule has 7 nitrogen and oxygen atoms in total. The topological polar surface area (TPSA) is 85.5 Å². The molecule has 0 aliphatic rings. The summed E-state index contributed by atoms with van der Waals surface area (Å²) < 4.78 is 10.9. The maximum Gasteiger partial charge on any atom is 0.338 e. The second-order valence-electron chi connectivity index (χ2n) is 6.75. The fourth-order valence-electron chi connectivity index (χ4n) is 2.94. The minimum absolute atomic E-state index is 0.173. The Bertz CT molecular complexity index is 961. The van der Waals surface area contributed by atoms with Gasteiger partial charge in [0.25, 0.3) is 11.8 Å². The molecule has 0 radical (unpaired) electrons. The number of amides is 1. The molecule has 2 heterocycles. The normalized spacial score (nSPS) is 10.7. The van der Waals surface area contributed by atoms with Gasteiger partial charge in [-0.1, -0.05) is 30.2 Å². The maximum atomic E-state index is 12.6. The molecule has 0 N–H and O–H groups in total. The molecule has 0 spiro atoms. The standard InChI is InChI=1S/C21H23N3O4S/c1-4-7-24(12-18-22-23-20(28-18)17-6-5-8-29-17)19(25)13-27-21(26)16-10-14(2)9-15(3)11-16/h5-6,8-11H,4,7,12-13H2,1-3H3. The molecule has 2 aromatic heterocycles. The summed E-state index contributed by atoms with van der Waals surface area (Å²) in [5.41, 5.74) is 2.37. The summed E-state index contributed by atoms with van der Waals surface area (Å²) >= 11 is 1.50. The van der Waals surface area contributed by atoms with Crippen LogP contribution in [0.3, 0.4) is 0 Å². The number of nitrogens with zero attached hydrogens (tertiary/aromatic N) is 3. The highest BCUT2D eigenvalue weighted by Gasteiger charge is 2.20. The van der Waals surface area contributed by atoms with E-state index < -0.39 is 5.97 Å². The zero-order valence-electron chi connectivity index (χ0n) is 16.7. The zero-order chi connectivity index (χ0) is 20.8. The molecule has 152 valence electrons. The van der Waals surface area contributed by atoms with Crippen molar-refractivity contribution in [3.05, 3.63) is 58.3 Å². The largest absolute Gasteiger partial charge is 0.452 e. The Morgan fingerprint density at radius 1 is 1.17 bits per heavy atom. The first kappa shape index (κ1) is 20.7. The van der Waals surface area contributed by atoms with Crippen LogP contribution in [0.15, 0.2) is 40.1 Å². The monoisotopic (exact) mass is 413 g/mol. The smallest absolute Gasteiger partial charge is 0.338 e. The van der Waals surface area contributed by atoms with E-state index >= 15 is 0 Å². The third-order valence-corrected chi connectivity index (χ3v) is 5.01. The molecular weight excluding hydrogens is 390 g/mol. The number of rotatable bonds is 8. The van der Waals surface area contributed by atoms with E-state index in [4.69, 9.17) is 9.15 Å². The van der Waals surface area contributed by atoms with Gasteiger partial charge in [0.2, 0.25) is 5.89 Å². The van der Waals surface area contributed by atoms with Crippen LogP contribution in [0.5, 0.6) is 0 Å². The fraction of sp³-hybridized carbons (Fsp3) is 0.333. The SMILES string of the molecule is CCCN(Cc1nnc(-c2cccs2)o1)C(=O)COC(=O)c1cc(C)cc(C)c1. The third kappa shape index (κ3) is 5.51. The molecule has 3 rings (SSSR count). The number of benzene rings is 1. The van der Waals surface area contributed by atoms with Gasteiger partial charge in [0.05, 0.1) is 17.0 Å². The van der Waals surface area contributed by atoms with Crippen molar-refractivity contribution < 1.29 is 18.7 Å². The van der Waals surface area contributed by atoms with E-state index in [2.05, 4.69) is 10.2 Å². The minimum atomic E-state index is -0.514. The number of aryl methyl sites for hydroxylation is 2. The molecule has 29 heavy (non-hydrogen) atoms. The van der Waals surface area contributed by atoms with Crippen LogP contribution >= 0.6 is 11.3 Å². The Morgan fingerprint density at radius 2 is 1.93 bits per heavy atom. The van der Waals surface area contributed by atoms with Crippen LogP contribution in [0, 0.1) is 13.8 Å². The molecule has 0 atom stereocenters. The first-order valence-corrected chi connectivity index (χ1v) is 10.2. The molecule has 0 bridgehead atoms. The number of aromatic nitrogens is 2. The van der Waals surface area contributed by atoms with Crippen LogP contribution in [-0.4, -0.2) is 40.1 Å². The van der Waals surface area contributed by atoms with Crippen LogP contribution in [0.25, 0.3) is 10.8 Å². The molecule has 0 saturated heterocycles. The number of esters is 1. The van der Waals surface area contributed by atoms with E-state index in [1.54, 1.807) is 17.0 Å². The second kappa shape index (κ2) is 9.47. The minimum Gasteiger partial charge on any atom is -0.452 e. The summed E-state index contributed by atoms with van der Waals surface area (Å²) in [6.45, 7) is 6.12. The van der Waals surface area contributed by atoms with Crippen LogP contribution < -0.4 is 0 Å². The van der Waals surface area contributed by atoms with Crippen molar-refractivity contribution in [1.82, 2.24) is 15.1 Å². The molecular formula is C21H23N3O4S. The van der Waals surface area contributed by atoms with Crippen molar-refractivity contribution in [2.45, 2.75) is 33.7 Å². The van der Waals surface area contributed by atoms with Crippen LogP contribution in [0.4, 0.5) is 0 Å². The molecule has 0 saturated carbocycles. The van der Waals surface area contributed by atoms with Gasteiger partial charge >= 0.3 is 5.97 Å². The number of ether oxygens (including phenoxy) is 1. The quantitative estimate of drug-likeness (QED) is 0.519. The Hall–Kier alpha value is -3.00. The number of carbonyl (C=O) groups excluding carboxylic acids is 2. The Kier molecular flexibility index (Phi) is 6.77. The van der Waals surface area contributed by atoms with E-state index in [-0.39, 0.29) is 19.1 Å². The van der Waals surface area contributed by atoms with Gasteiger partial charge in [-0.2, -0.15) is 0 Å². The lowest BCUT2D eigenvalue weighted by Gasteiger charge is -2.20. The van der Waals surface area contributed by atoms with E-state index in [1.165, 1.54) is 11.3 Å². The second-order valence-corrected chi connectivity index (χ2v) is 7.69. The Morgan fingerprint density at radius 3 is 2.59 bits per heavy atom. The molecule has 8 heteroatoms. The predicted molar refractivity (Wildman–Crippen MR) is 110 cm³/mol. The molecule has 0 fully saturated rings. The van der Waals surface area contributed by atoms with Crippen molar-refractivity contribution in [3.8, 4) is 10.8 Å². The predicted octanol–water partition coefficient (Wildman–Crippen LogP) is 4.01.